The molecular formula is C18H24N2O3. The molecule has 2 atom stereocenters. The summed E-state index contributed by atoms with van der Waals surface area (Å²) < 4.78 is 0. The second-order valence-corrected chi connectivity index (χ2v) is 6.49. The van der Waals surface area contributed by atoms with E-state index in [1.807, 2.05) is 17.0 Å². The van der Waals surface area contributed by atoms with E-state index in [1.165, 1.54) is 11.1 Å². The highest BCUT2D eigenvalue weighted by Gasteiger charge is 2.30. The first kappa shape index (κ1) is 16.0. The highest BCUT2D eigenvalue weighted by Crippen LogP contribution is 2.29. The summed E-state index contributed by atoms with van der Waals surface area (Å²) in [5, 5.41) is 12.3. The SMILES string of the molecule is O=C(CCN1CCCC1C(=O)O)NC1CCCc2ccccc21. The summed E-state index contributed by atoms with van der Waals surface area (Å²) in [7, 11) is 0. The van der Waals surface area contributed by atoms with Gasteiger partial charge >= 0.3 is 5.97 Å². The highest BCUT2D eigenvalue weighted by molar-refractivity contribution is 5.77. The lowest BCUT2D eigenvalue weighted by atomic mass is 9.87. The number of hydrogen-bond acceptors (Lipinski definition) is 3. The summed E-state index contributed by atoms with van der Waals surface area (Å²) in [6.07, 6.45) is 5.10. The van der Waals surface area contributed by atoms with Crippen LogP contribution in [-0.2, 0) is 16.0 Å². The molecule has 1 amide bonds. The quantitative estimate of drug-likeness (QED) is 0.873. The van der Waals surface area contributed by atoms with Gasteiger partial charge in [0.15, 0.2) is 0 Å². The molecule has 5 nitrogen and oxygen atoms in total. The van der Waals surface area contributed by atoms with Crippen LogP contribution < -0.4 is 5.32 Å². The van der Waals surface area contributed by atoms with Gasteiger partial charge in [0.1, 0.15) is 6.04 Å². The van der Waals surface area contributed by atoms with Gasteiger partial charge in [0.25, 0.3) is 0 Å². The molecular weight excluding hydrogens is 292 g/mol. The fourth-order valence-electron chi connectivity index (χ4n) is 3.79. The van der Waals surface area contributed by atoms with Gasteiger partial charge in [-0.05, 0) is 49.8 Å². The Morgan fingerprint density at radius 2 is 2.04 bits per heavy atom. The van der Waals surface area contributed by atoms with Crippen LogP contribution >= 0.6 is 0 Å². The van der Waals surface area contributed by atoms with Crippen molar-refractivity contribution >= 4 is 11.9 Å². The Kier molecular flexibility index (Phi) is 4.96. The van der Waals surface area contributed by atoms with Crippen LogP contribution in [0, 0.1) is 0 Å². The number of hydrogen-bond donors (Lipinski definition) is 2. The molecule has 0 aromatic heterocycles. The summed E-state index contributed by atoms with van der Waals surface area (Å²) in [4.78, 5) is 25.4. The van der Waals surface area contributed by atoms with Gasteiger partial charge in [-0.3, -0.25) is 14.5 Å². The van der Waals surface area contributed by atoms with E-state index in [1.54, 1.807) is 0 Å². The molecule has 0 saturated carbocycles. The summed E-state index contributed by atoms with van der Waals surface area (Å²) >= 11 is 0. The number of amides is 1. The number of nitrogens with zero attached hydrogens (tertiary/aromatic N) is 1. The lowest BCUT2D eigenvalue weighted by Gasteiger charge is -2.27. The van der Waals surface area contributed by atoms with Gasteiger partial charge in [-0.25, -0.2) is 0 Å². The van der Waals surface area contributed by atoms with Gasteiger partial charge < -0.3 is 10.4 Å². The van der Waals surface area contributed by atoms with Crippen LogP contribution in [0.3, 0.4) is 0 Å². The van der Waals surface area contributed by atoms with Crippen molar-refractivity contribution in [2.45, 2.75) is 50.6 Å². The molecule has 3 rings (SSSR count). The third-order valence-electron chi connectivity index (χ3n) is 4.98. The van der Waals surface area contributed by atoms with E-state index in [4.69, 9.17) is 0 Å². The normalized spacial score (nSPS) is 24.2. The van der Waals surface area contributed by atoms with Gasteiger partial charge in [-0.15, -0.1) is 0 Å². The molecule has 1 aliphatic heterocycles. The molecule has 0 spiro atoms. The number of carbonyl (C=O) groups is 2. The van der Waals surface area contributed by atoms with Crippen LogP contribution in [0.15, 0.2) is 24.3 Å². The number of nitrogens with one attached hydrogen (secondary N) is 1. The molecule has 0 radical (unpaired) electrons. The molecule has 0 bridgehead atoms. The predicted molar refractivity (Wildman–Crippen MR) is 87.1 cm³/mol. The van der Waals surface area contributed by atoms with Gasteiger partial charge in [-0.1, -0.05) is 24.3 Å². The molecule has 1 saturated heterocycles. The van der Waals surface area contributed by atoms with Crippen molar-refractivity contribution in [1.82, 2.24) is 10.2 Å². The van der Waals surface area contributed by atoms with Gasteiger partial charge in [0.05, 0.1) is 6.04 Å². The number of rotatable bonds is 5. The maximum absolute atomic E-state index is 12.3. The second kappa shape index (κ2) is 7.13. The molecule has 5 heteroatoms. The number of fused-ring (bicyclic) bond motifs is 1. The zero-order valence-corrected chi connectivity index (χ0v) is 13.3. The van der Waals surface area contributed by atoms with Crippen molar-refractivity contribution in [3.05, 3.63) is 35.4 Å². The Morgan fingerprint density at radius 3 is 2.87 bits per heavy atom. The minimum absolute atomic E-state index is 0.0164. The molecule has 2 unspecified atom stereocenters. The third-order valence-corrected chi connectivity index (χ3v) is 4.98. The molecule has 2 aliphatic rings. The van der Waals surface area contributed by atoms with Gasteiger partial charge in [0, 0.05) is 13.0 Å². The molecule has 1 aliphatic carbocycles. The Hall–Kier alpha value is -1.88. The Labute approximate surface area is 136 Å². The fourth-order valence-corrected chi connectivity index (χ4v) is 3.79. The van der Waals surface area contributed by atoms with Crippen molar-refractivity contribution in [3.8, 4) is 0 Å². The Morgan fingerprint density at radius 1 is 1.22 bits per heavy atom. The lowest BCUT2D eigenvalue weighted by molar-refractivity contribution is -0.142. The number of aryl methyl sites for hydroxylation is 1. The summed E-state index contributed by atoms with van der Waals surface area (Å²) in [5.41, 5.74) is 2.56. The molecule has 2 N–H and O–H groups in total. The molecule has 1 fully saturated rings. The molecule has 1 aromatic rings. The van der Waals surface area contributed by atoms with E-state index in [9.17, 15) is 14.7 Å². The summed E-state index contributed by atoms with van der Waals surface area (Å²) in [6, 6.07) is 7.97. The molecule has 124 valence electrons. The number of carbonyl (C=O) groups excluding carboxylic acids is 1. The highest BCUT2D eigenvalue weighted by atomic mass is 16.4. The van der Waals surface area contributed by atoms with Crippen LogP contribution in [0.5, 0.6) is 0 Å². The van der Waals surface area contributed by atoms with E-state index in [0.717, 1.165) is 32.2 Å². The zero-order valence-electron chi connectivity index (χ0n) is 13.3. The van der Waals surface area contributed by atoms with Crippen molar-refractivity contribution in [2.75, 3.05) is 13.1 Å². The number of likely N-dealkylation sites (tertiary alicyclic amines) is 1. The average molecular weight is 316 g/mol. The maximum atomic E-state index is 12.3. The minimum atomic E-state index is -0.774. The summed E-state index contributed by atoms with van der Waals surface area (Å²) in [6.45, 7) is 1.30. The smallest absolute Gasteiger partial charge is 0.320 e. The first-order chi connectivity index (χ1) is 11.1. The zero-order chi connectivity index (χ0) is 16.2. The number of aliphatic carboxylic acids is 1. The molecule has 23 heavy (non-hydrogen) atoms. The first-order valence-electron chi connectivity index (χ1n) is 8.49. The Balaban J connectivity index is 1.53. The predicted octanol–water partition coefficient (Wildman–Crippen LogP) is 2.12. The van der Waals surface area contributed by atoms with E-state index in [2.05, 4.69) is 17.4 Å². The lowest BCUT2D eigenvalue weighted by Crippen LogP contribution is -2.39. The third kappa shape index (κ3) is 3.72. The van der Waals surface area contributed by atoms with Crippen LogP contribution in [0.1, 0.15) is 49.3 Å². The summed E-state index contributed by atoms with van der Waals surface area (Å²) in [5.74, 6) is -0.758. The maximum Gasteiger partial charge on any atom is 0.320 e. The fraction of sp³-hybridized carbons (Fsp3) is 0.556. The number of carboxylic acids is 1. The standard InChI is InChI=1S/C18H24N2O3/c21-17(10-12-20-11-4-9-16(20)18(22)23)19-15-8-3-6-13-5-1-2-7-14(13)15/h1-2,5,7,15-16H,3-4,6,8-12H2,(H,19,21)(H,22,23). The van der Waals surface area contributed by atoms with E-state index >= 15 is 0 Å². The van der Waals surface area contributed by atoms with Crippen molar-refractivity contribution < 1.29 is 14.7 Å². The van der Waals surface area contributed by atoms with E-state index in [-0.39, 0.29) is 11.9 Å². The molecule has 1 aromatic carbocycles. The van der Waals surface area contributed by atoms with Crippen molar-refractivity contribution in [2.24, 2.45) is 0 Å². The number of benzene rings is 1. The van der Waals surface area contributed by atoms with E-state index < -0.39 is 12.0 Å². The van der Waals surface area contributed by atoms with Gasteiger partial charge in [0.2, 0.25) is 5.91 Å². The van der Waals surface area contributed by atoms with E-state index in [0.29, 0.717) is 19.4 Å². The minimum Gasteiger partial charge on any atom is -0.480 e. The van der Waals surface area contributed by atoms with Crippen LogP contribution in [-0.4, -0.2) is 41.0 Å². The average Bonchev–Trinajstić information content (AvgIpc) is 3.02. The van der Waals surface area contributed by atoms with Crippen LogP contribution in [0.25, 0.3) is 0 Å². The van der Waals surface area contributed by atoms with Crippen molar-refractivity contribution in [3.63, 3.8) is 0 Å². The number of carboxylic acid groups (broad SMARTS) is 1. The largest absolute Gasteiger partial charge is 0.480 e. The first-order valence-corrected chi connectivity index (χ1v) is 8.49. The van der Waals surface area contributed by atoms with Crippen molar-refractivity contribution in [1.29, 1.82) is 0 Å². The monoisotopic (exact) mass is 316 g/mol. The second-order valence-electron chi connectivity index (χ2n) is 6.49. The van der Waals surface area contributed by atoms with Crippen LogP contribution in [0.4, 0.5) is 0 Å². The van der Waals surface area contributed by atoms with Gasteiger partial charge in [-0.2, -0.15) is 0 Å². The van der Waals surface area contributed by atoms with Crippen LogP contribution in [0.2, 0.25) is 0 Å². The topological polar surface area (TPSA) is 69.6 Å². The molecule has 1 heterocycles. The Bertz CT molecular complexity index is 587.